The number of carbonyl (C=O) groups is 1. The molecular weight excluding hydrogens is 164 g/mol. The topological polar surface area (TPSA) is 37.3 Å². The van der Waals surface area contributed by atoms with Crippen molar-refractivity contribution in [3.05, 3.63) is 12.2 Å². The number of aliphatic hydroxyl groups is 1. The molecule has 0 saturated heterocycles. The van der Waals surface area contributed by atoms with Crippen molar-refractivity contribution in [1.82, 2.24) is 0 Å². The lowest BCUT2D eigenvalue weighted by Crippen LogP contribution is -2.14. The summed E-state index contributed by atoms with van der Waals surface area (Å²) in [6.07, 6.45) is 9.76. The van der Waals surface area contributed by atoms with Gasteiger partial charge in [0.05, 0.1) is 0 Å². The Bertz CT molecular complexity index is 185. The van der Waals surface area contributed by atoms with Gasteiger partial charge in [0.2, 0.25) is 0 Å². The van der Waals surface area contributed by atoms with E-state index in [2.05, 4.69) is 0 Å². The van der Waals surface area contributed by atoms with Crippen molar-refractivity contribution in [2.24, 2.45) is 5.92 Å². The molecule has 13 heavy (non-hydrogen) atoms. The zero-order valence-electron chi connectivity index (χ0n) is 8.04. The monoisotopic (exact) mass is 182 g/mol. The highest BCUT2D eigenvalue weighted by Crippen LogP contribution is 2.21. The number of allylic oxidation sites excluding steroid dienone is 2. The predicted octanol–water partition coefficient (Wildman–Crippen LogP) is 2.07. The van der Waals surface area contributed by atoms with Crippen LogP contribution >= 0.6 is 0 Å². The molecule has 0 saturated carbocycles. The second-order valence-corrected chi connectivity index (χ2v) is 3.65. The average Bonchev–Trinajstić information content (AvgIpc) is 2.15. The minimum atomic E-state index is 0.267. The maximum atomic E-state index is 11.3. The second kappa shape index (κ2) is 5.92. The van der Waals surface area contributed by atoms with Crippen molar-refractivity contribution in [2.75, 3.05) is 6.61 Å². The van der Waals surface area contributed by atoms with Crippen LogP contribution in [0.4, 0.5) is 0 Å². The van der Waals surface area contributed by atoms with Crippen LogP contribution in [0.1, 0.15) is 38.5 Å². The minimum absolute atomic E-state index is 0.267. The van der Waals surface area contributed by atoms with Crippen LogP contribution < -0.4 is 0 Å². The number of aliphatic hydroxyl groups excluding tert-OH is 1. The van der Waals surface area contributed by atoms with Crippen molar-refractivity contribution in [3.63, 3.8) is 0 Å². The van der Waals surface area contributed by atoms with Crippen LogP contribution in [0.5, 0.6) is 0 Å². The van der Waals surface area contributed by atoms with Crippen molar-refractivity contribution in [3.8, 4) is 0 Å². The molecule has 1 N–H and O–H groups in total. The molecule has 1 atom stereocenters. The molecule has 2 heteroatoms. The summed E-state index contributed by atoms with van der Waals surface area (Å²) in [6.45, 7) is 0.276. The maximum absolute atomic E-state index is 11.3. The maximum Gasteiger partial charge on any atom is 0.158 e. The quantitative estimate of drug-likeness (QED) is 0.661. The summed E-state index contributed by atoms with van der Waals surface area (Å²) in [5.41, 5.74) is 0. The van der Waals surface area contributed by atoms with Crippen LogP contribution in [0, 0.1) is 5.92 Å². The second-order valence-electron chi connectivity index (χ2n) is 3.65. The molecule has 0 bridgehead atoms. The average molecular weight is 182 g/mol. The molecule has 0 amide bonds. The van der Waals surface area contributed by atoms with Crippen LogP contribution in [-0.2, 0) is 4.79 Å². The van der Waals surface area contributed by atoms with E-state index in [0.717, 1.165) is 38.5 Å². The van der Waals surface area contributed by atoms with Crippen molar-refractivity contribution >= 4 is 5.78 Å². The lowest BCUT2D eigenvalue weighted by atomic mass is 9.88. The van der Waals surface area contributed by atoms with Gasteiger partial charge in [-0.05, 0) is 31.8 Å². The summed E-state index contributed by atoms with van der Waals surface area (Å²) in [5, 5.41) is 8.58. The number of hydrogen-bond donors (Lipinski definition) is 1. The van der Waals surface area contributed by atoms with Gasteiger partial charge in [0.25, 0.3) is 0 Å². The minimum Gasteiger partial charge on any atom is -0.396 e. The summed E-state index contributed by atoms with van der Waals surface area (Å²) in [5.74, 6) is 0.568. The zero-order chi connectivity index (χ0) is 9.52. The molecule has 0 fully saturated rings. The lowest BCUT2D eigenvalue weighted by Gasteiger charge is -2.15. The molecular formula is C11H18O2. The summed E-state index contributed by atoms with van der Waals surface area (Å²) < 4.78 is 0. The van der Waals surface area contributed by atoms with Crippen molar-refractivity contribution in [1.29, 1.82) is 0 Å². The van der Waals surface area contributed by atoms with E-state index in [1.54, 1.807) is 6.08 Å². The van der Waals surface area contributed by atoms with Crippen LogP contribution in [0.15, 0.2) is 12.2 Å². The molecule has 1 rings (SSSR count). The van der Waals surface area contributed by atoms with Crippen LogP contribution in [-0.4, -0.2) is 17.5 Å². The Labute approximate surface area is 79.6 Å². The third-order valence-electron chi connectivity index (χ3n) is 2.58. The molecule has 74 valence electrons. The summed E-state index contributed by atoms with van der Waals surface area (Å²) in [6, 6.07) is 0. The Morgan fingerprint density at radius 1 is 1.38 bits per heavy atom. The SMILES string of the molecule is O=C1C=CCCC1CCCCCO. The third-order valence-corrected chi connectivity index (χ3v) is 2.58. The van der Waals surface area contributed by atoms with E-state index in [0.29, 0.717) is 5.78 Å². The van der Waals surface area contributed by atoms with E-state index < -0.39 is 0 Å². The van der Waals surface area contributed by atoms with Crippen LogP contribution in [0.25, 0.3) is 0 Å². The van der Waals surface area contributed by atoms with Gasteiger partial charge in [-0.15, -0.1) is 0 Å². The van der Waals surface area contributed by atoms with Gasteiger partial charge in [-0.2, -0.15) is 0 Å². The van der Waals surface area contributed by atoms with Gasteiger partial charge < -0.3 is 5.11 Å². The largest absolute Gasteiger partial charge is 0.396 e. The first-order valence-corrected chi connectivity index (χ1v) is 5.16. The van der Waals surface area contributed by atoms with E-state index in [-0.39, 0.29) is 12.5 Å². The van der Waals surface area contributed by atoms with Gasteiger partial charge in [-0.3, -0.25) is 4.79 Å². The fourth-order valence-electron chi connectivity index (χ4n) is 1.74. The predicted molar refractivity (Wildman–Crippen MR) is 52.4 cm³/mol. The Hall–Kier alpha value is -0.630. The molecule has 1 aliphatic carbocycles. The Morgan fingerprint density at radius 3 is 2.92 bits per heavy atom. The van der Waals surface area contributed by atoms with Gasteiger partial charge in [0, 0.05) is 12.5 Å². The molecule has 0 spiro atoms. The normalized spacial score (nSPS) is 22.2. The number of rotatable bonds is 5. The Kier molecular flexibility index (Phi) is 4.76. The fourth-order valence-corrected chi connectivity index (χ4v) is 1.74. The zero-order valence-corrected chi connectivity index (χ0v) is 8.04. The Balaban J connectivity index is 2.13. The summed E-state index contributed by atoms with van der Waals surface area (Å²) in [4.78, 5) is 11.3. The lowest BCUT2D eigenvalue weighted by molar-refractivity contribution is -0.119. The first kappa shape index (κ1) is 10.5. The third kappa shape index (κ3) is 3.73. The Morgan fingerprint density at radius 2 is 2.23 bits per heavy atom. The molecule has 1 aliphatic rings. The van der Waals surface area contributed by atoms with E-state index >= 15 is 0 Å². The number of unbranched alkanes of at least 4 members (excludes halogenated alkanes) is 2. The highest BCUT2D eigenvalue weighted by molar-refractivity contribution is 5.92. The highest BCUT2D eigenvalue weighted by atomic mass is 16.2. The van der Waals surface area contributed by atoms with Crippen LogP contribution in [0.2, 0.25) is 0 Å². The first-order valence-electron chi connectivity index (χ1n) is 5.16. The summed E-state index contributed by atoms with van der Waals surface area (Å²) >= 11 is 0. The molecule has 0 aromatic heterocycles. The molecule has 0 aromatic rings. The number of hydrogen-bond acceptors (Lipinski definition) is 2. The number of ketones is 1. The number of carbonyl (C=O) groups excluding carboxylic acids is 1. The van der Waals surface area contributed by atoms with Gasteiger partial charge in [-0.25, -0.2) is 0 Å². The highest BCUT2D eigenvalue weighted by Gasteiger charge is 2.17. The van der Waals surface area contributed by atoms with Crippen LogP contribution in [0.3, 0.4) is 0 Å². The first-order chi connectivity index (χ1) is 6.34. The molecule has 0 aromatic carbocycles. The van der Waals surface area contributed by atoms with Gasteiger partial charge in [0.1, 0.15) is 0 Å². The molecule has 2 nitrogen and oxygen atoms in total. The van der Waals surface area contributed by atoms with E-state index in [4.69, 9.17) is 5.11 Å². The van der Waals surface area contributed by atoms with Gasteiger partial charge in [0.15, 0.2) is 5.78 Å². The molecule has 0 heterocycles. The van der Waals surface area contributed by atoms with Gasteiger partial charge in [-0.1, -0.05) is 18.9 Å². The smallest absolute Gasteiger partial charge is 0.158 e. The van der Waals surface area contributed by atoms with Gasteiger partial charge >= 0.3 is 0 Å². The fraction of sp³-hybridized carbons (Fsp3) is 0.727. The van der Waals surface area contributed by atoms with Crippen molar-refractivity contribution < 1.29 is 9.90 Å². The standard InChI is InChI=1S/C11H18O2/c12-9-5-1-2-6-10-7-3-4-8-11(10)13/h4,8,10,12H,1-3,5-7,9H2. The molecule has 0 radical (unpaired) electrons. The molecule has 1 unspecified atom stereocenters. The van der Waals surface area contributed by atoms with E-state index in [1.165, 1.54) is 0 Å². The van der Waals surface area contributed by atoms with Crippen molar-refractivity contribution in [2.45, 2.75) is 38.5 Å². The molecule has 0 aliphatic heterocycles. The summed E-state index contributed by atoms with van der Waals surface area (Å²) in [7, 11) is 0. The van der Waals surface area contributed by atoms with E-state index in [9.17, 15) is 4.79 Å². The van der Waals surface area contributed by atoms with E-state index in [1.807, 2.05) is 6.08 Å².